The number of fused-ring (bicyclic) bond motifs is 1. The Bertz CT molecular complexity index is 821. The molecular weight excluding hydrogens is 308 g/mol. The zero-order chi connectivity index (χ0) is 17.1. The average Bonchev–Trinajstić information content (AvgIpc) is 3.29. The lowest BCUT2D eigenvalue weighted by atomic mass is 10.0. The maximum atomic E-state index is 4.44. The maximum absolute atomic E-state index is 4.44. The topological polar surface area (TPSA) is 33.4 Å². The monoisotopic (exact) mass is 334 g/mol. The number of hydrogen-bond donors (Lipinski definition) is 0. The lowest BCUT2D eigenvalue weighted by Gasteiger charge is -2.25. The van der Waals surface area contributed by atoms with Crippen molar-refractivity contribution in [1.29, 1.82) is 0 Å². The highest BCUT2D eigenvalue weighted by molar-refractivity contribution is 5.63. The van der Waals surface area contributed by atoms with E-state index in [9.17, 15) is 0 Å². The van der Waals surface area contributed by atoms with Crippen LogP contribution < -0.4 is 0 Å². The summed E-state index contributed by atoms with van der Waals surface area (Å²) in [5.41, 5.74) is 4.55. The Hall–Kier alpha value is -2.20. The number of rotatable bonds is 6. The van der Waals surface area contributed by atoms with Gasteiger partial charge in [0.2, 0.25) is 0 Å². The molecule has 1 aliphatic heterocycles. The van der Waals surface area contributed by atoms with Crippen molar-refractivity contribution < 1.29 is 0 Å². The molecule has 4 rings (SSSR count). The molecule has 1 unspecified atom stereocenters. The summed E-state index contributed by atoms with van der Waals surface area (Å²) in [6, 6.07) is 13.5. The smallest absolute Gasteiger partial charge is 0.154 e. The Kier molecular flexibility index (Phi) is 4.79. The molecule has 1 atom stereocenters. The fraction of sp³-hybridized carbons (Fsp3) is 0.429. The Morgan fingerprint density at radius 3 is 2.84 bits per heavy atom. The number of unbranched alkanes of at least 4 members (excludes halogenated alkanes) is 2. The van der Waals surface area contributed by atoms with Gasteiger partial charge in [-0.2, -0.15) is 5.10 Å². The van der Waals surface area contributed by atoms with Crippen LogP contribution in [0.2, 0.25) is 0 Å². The van der Waals surface area contributed by atoms with Crippen LogP contribution in [0.4, 0.5) is 0 Å². The molecule has 0 bridgehead atoms. The van der Waals surface area contributed by atoms with Crippen molar-refractivity contribution in [3.05, 3.63) is 54.4 Å². The van der Waals surface area contributed by atoms with E-state index in [1.807, 2.05) is 22.8 Å². The van der Waals surface area contributed by atoms with Gasteiger partial charge in [-0.15, -0.1) is 0 Å². The minimum atomic E-state index is 0.589. The van der Waals surface area contributed by atoms with Crippen LogP contribution in [-0.4, -0.2) is 32.6 Å². The predicted molar refractivity (Wildman–Crippen MR) is 101 cm³/mol. The molecule has 4 nitrogen and oxygen atoms in total. The Morgan fingerprint density at radius 1 is 1.12 bits per heavy atom. The lowest BCUT2D eigenvalue weighted by Crippen LogP contribution is -2.24. The summed E-state index contributed by atoms with van der Waals surface area (Å²) in [5.74, 6) is 0. The minimum Gasteiger partial charge on any atom is -0.296 e. The number of nitrogens with zero attached hydrogens (tertiary/aromatic N) is 4. The number of aromatic nitrogens is 3. The van der Waals surface area contributed by atoms with Crippen LogP contribution in [0.3, 0.4) is 0 Å². The molecule has 0 radical (unpaired) electrons. The van der Waals surface area contributed by atoms with E-state index in [1.54, 1.807) is 6.20 Å². The van der Waals surface area contributed by atoms with Gasteiger partial charge < -0.3 is 0 Å². The molecule has 3 heterocycles. The average molecular weight is 334 g/mol. The van der Waals surface area contributed by atoms with Crippen molar-refractivity contribution in [1.82, 2.24) is 19.5 Å². The van der Waals surface area contributed by atoms with Gasteiger partial charge in [0.25, 0.3) is 0 Å². The predicted octanol–water partition coefficient (Wildman–Crippen LogP) is 4.72. The summed E-state index contributed by atoms with van der Waals surface area (Å²) in [6.07, 6.45) is 10.3. The van der Waals surface area contributed by atoms with E-state index in [2.05, 4.69) is 46.2 Å². The summed E-state index contributed by atoms with van der Waals surface area (Å²) >= 11 is 0. The third-order valence-corrected chi connectivity index (χ3v) is 5.28. The van der Waals surface area contributed by atoms with Crippen molar-refractivity contribution in [2.45, 2.75) is 45.1 Å². The normalized spacial score (nSPS) is 18.2. The van der Waals surface area contributed by atoms with Crippen LogP contribution in [0.1, 0.15) is 50.6 Å². The lowest BCUT2D eigenvalue weighted by molar-refractivity contribution is 0.251. The summed E-state index contributed by atoms with van der Waals surface area (Å²) in [4.78, 5) is 7.11. The molecule has 0 N–H and O–H groups in total. The third kappa shape index (κ3) is 3.31. The van der Waals surface area contributed by atoms with Gasteiger partial charge in [-0.25, -0.2) is 9.50 Å². The molecule has 130 valence electrons. The van der Waals surface area contributed by atoms with Crippen molar-refractivity contribution in [3.63, 3.8) is 0 Å². The standard InChI is InChI=1S/C21H26N4/c1-2-3-4-14-24-15-6-7-19(24)17-9-11-18(12-10-17)20-16-22-21-8-5-13-23-25(20)21/h5,8-13,16,19H,2-4,6-7,14-15H2,1H3. The van der Waals surface area contributed by atoms with E-state index in [-0.39, 0.29) is 0 Å². The van der Waals surface area contributed by atoms with Crippen LogP contribution in [-0.2, 0) is 0 Å². The Labute approximate surface area is 149 Å². The quantitative estimate of drug-likeness (QED) is 0.611. The number of hydrogen-bond acceptors (Lipinski definition) is 3. The van der Waals surface area contributed by atoms with Crippen LogP contribution in [0.5, 0.6) is 0 Å². The molecule has 0 saturated carbocycles. The van der Waals surface area contributed by atoms with Crippen molar-refractivity contribution in [3.8, 4) is 11.3 Å². The minimum absolute atomic E-state index is 0.589. The summed E-state index contributed by atoms with van der Waals surface area (Å²) in [5, 5.41) is 4.42. The SMILES string of the molecule is CCCCCN1CCCC1c1ccc(-c2cnc3cccnn23)cc1. The molecule has 1 saturated heterocycles. The van der Waals surface area contributed by atoms with Gasteiger partial charge in [-0.05, 0) is 50.0 Å². The Balaban J connectivity index is 1.53. The van der Waals surface area contributed by atoms with E-state index < -0.39 is 0 Å². The first-order valence-electron chi connectivity index (χ1n) is 9.50. The molecule has 1 aliphatic rings. The van der Waals surface area contributed by atoms with Crippen molar-refractivity contribution in [2.24, 2.45) is 0 Å². The fourth-order valence-corrected chi connectivity index (χ4v) is 3.94. The van der Waals surface area contributed by atoms with E-state index >= 15 is 0 Å². The van der Waals surface area contributed by atoms with Gasteiger partial charge in [0.15, 0.2) is 5.65 Å². The van der Waals surface area contributed by atoms with E-state index in [1.165, 1.54) is 56.3 Å². The summed E-state index contributed by atoms with van der Waals surface area (Å²) < 4.78 is 1.90. The molecular formula is C21H26N4. The first-order chi connectivity index (χ1) is 12.4. The van der Waals surface area contributed by atoms with Crippen LogP contribution in [0, 0.1) is 0 Å². The number of likely N-dealkylation sites (tertiary alicyclic amines) is 1. The van der Waals surface area contributed by atoms with Crippen molar-refractivity contribution >= 4 is 5.65 Å². The van der Waals surface area contributed by atoms with Crippen molar-refractivity contribution in [2.75, 3.05) is 13.1 Å². The molecule has 1 fully saturated rings. The zero-order valence-electron chi connectivity index (χ0n) is 14.9. The first kappa shape index (κ1) is 16.3. The molecule has 2 aromatic heterocycles. The highest BCUT2D eigenvalue weighted by Gasteiger charge is 2.25. The van der Waals surface area contributed by atoms with E-state index in [0.717, 1.165) is 11.3 Å². The second kappa shape index (κ2) is 7.36. The fourth-order valence-electron chi connectivity index (χ4n) is 3.94. The highest BCUT2D eigenvalue weighted by atomic mass is 15.2. The third-order valence-electron chi connectivity index (χ3n) is 5.28. The molecule has 0 spiro atoms. The molecule has 25 heavy (non-hydrogen) atoms. The van der Waals surface area contributed by atoms with Gasteiger partial charge >= 0.3 is 0 Å². The summed E-state index contributed by atoms with van der Waals surface area (Å²) in [6.45, 7) is 4.75. The molecule has 1 aromatic carbocycles. The largest absolute Gasteiger partial charge is 0.296 e. The Morgan fingerprint density at radius 2 is 2.00 bits per heavy atom. The molecule has 3 aromatic rings. The number of imidazole rings is 1. The second-order valence-corrected chi connectivity index (χ2v) is 6.96. The zero-order valence-corrected chi connectivity index (χ0v) is 14.9. The van der Waals surface area contributed by atoms with E-state index in [4.69, 9.17) is 0 Å². The van der Waals surface area contributed by atoms with Gasteiger partial charge in [0.1, 0.15) is 0 Å². The van der Waals surface area contributed by atoms with Gasteiger partial charge in [0, 0.05) is 17.8 Å². The number of benzene rings is 1. The summed E-state index contributed by atoms with van der Waals surface area (Å²) in [7, 11) is 0. The van der Waals surface area contributed by atoms with Gasteiger partial charge in [0.05, 0.1) is 11.9 Å². The molecule has 0 amide bonds. The first-order valence-corrected chi connectivity index (χ1v) is 9.50. The maximum Gasteiger partial charge on any atom is 0.154 e. The van der Waals surface area contributed by atoms with Gasteiger partial charge in [-0.3, -0.25) is 4.90 Å². The molecule has 0 aliphatic carbocycles. The van der Waals surface area contributed by atoms with Gasteiger partial charge in [-0.1, -0.05) is 44.0 Å². The van der Waals surface area contributed by atoms with Crippen LogP contribution >= 0.6 is 0 Å². The second-order valence-electron chi connectivity index (χ2n) is 6.96. The highest BCUT2D eigenvalue weighted by Crippen LogP contribution is 2.33. The van der Waals surface area contributed by atoms with Crippen LogP contribution in [0.25, 0.3) is 16.9 Å². The molecule has 4 heteroatoms. The van der Waals surface area contributed by atoms with E-state index in [0.29, 0.717) is 6.04 Å². The van der Waals surface area contributed by atoms with Crippen LogP contribution in [0.15, 0.2) is 48.8 Å².